The molecule has 0 bridgehead atoms. The van der Waals surface area contributed by atoms with E-state index in [0.29, 0.717) is 29.0 Å². The van der Waals surface area contributed by atoms with Gasteiger partial charge in [-0.2, -0.15) is 0 Å². The first-order valence-corrected chi connectivity index (χ1v) is 9.44. The molecule has 2 aliphatic rings. The number of halogens is 3. The number of hydrogen-bond donors (Lipinski definition) is 0. The monoisotopic (exact) mass is 474 g/mol. The van der Waals surface area contributed by atoms with Gasteiger partial charge in [0.25, 0.3) is 5.15 Å². The van der Waals surface area contributed by atoms with Gasteiger partial charge in [0.2, 0.25) is 5.75 Å². The Morgan fingerprint density at radius 2 is 2.11 bits per heavy atom. The molecule has 0 aliphatic carbocycles. The first-order chi connectivity index (χ1) is 13.5. The molecule has 0 unspecified atom stereocenters. The van der Waals surface area contributed by atoms with Gasteiger partial charge in [0.1, 0.15) is 11.6 Å². The van der Waals surface area contributed by atoms with Gasteiger partial charge in [-0.15, -0.1) is 0 Å². The van der Waals surface area contributed by atoms with Crippen LogP contribution in [0, 0.1) is 15.9 Å². The van der Waals surface area contributed by atoms with E-state index in [-0.39, 0.29) is 35.6 Å². The van der Waals surface area contributed by atoms with Crippen LogP contribution in [0.3, 0.4) is 0 Å². The third-order valence-electron chi connectivity index (χ3n) is 4.39. The number of benzene rings is 1. The first kappa shape index (κ1) is 19.3. The fraction of sp³-hybridized carbons (Fsp3) is 0.353. The Kier molecular flexibility index (Phi) is 5.37. The molecule has 148 valence electrons. The predicted molar refractivity (Wildman–Crippen MR) is 98.4 cm³/mol. The molecule has 1 fully saturated rings. The Hall–Kier alpha value is -2.01. The van der Waals surface area contributed by atoms with Gasteiger partial charge in [-0.25, -0.2) is 4.39 Å². The highest BCUT2D eigenvalue weighted by molar-refractivity contribution is 9.10. The average Bonchev–Trinajstić information content (AvgIpc) is 3.32. The Labute approximate surface area is 171 Å². The average molecular weight is 476 g/mol. The molecule has 1 atom stereocenters. The third kappa shape index (κ3) is 3.52. The van der Waals surface area contributed by atoms with Crippen LogP contribution in [-0.4, -0.2) is 36.3 Å². The van der Waals surface area contributed by atoms with Gasteiger partial charge in [-0.1, -0.05) is 0 Å². The minimum Gasteiger partial charge on any atom is -0.492 e. The molecule has 1 aromatic carbocycles. The molecular weight excluding hydrogens is 463 g/mol. The Balaban J connectivity index is 1.62. The number of pyridine rings is 1. The van der Waals surface area contributed by atoms with Crippen molar-refractivity contribution in [1.82, 2.24) is 4.98 Å². The van der Waals surface area contributed by atoms with Crippen LogP contribution in [0.2, 0.25) is 5.15 Å². The fourth-order valence-corrected chi connectivity index (χ4v) is 3.61. The molecule has 28 heavy (non-hydrogen) atoms. The largest absolute Gasteiger partial charge is 0.492 e. The minimum atomic E-state index is -0.820. The molecule has 1 aromatic heterocycles. The SMILES string of the molecule is O=[N+]([O-])c1nc(Cl)c(Br)cc1OC[C@H]1COc2ccc(F)c(C3OCCO3)c21. The number of fused-ring (bicyclic) bond motifs is 1. The zero-order valence-electron chi connectivity index (χ0n) is 14.2. The van der Waals surface area contributed by atoms with E-state index < -0.39 is 22.8 Å². The summed E-state index contributed by atoms with van der Waals surface area (Å²) >= 11 is 9.00. The summed E-state index contributed by atoms with van der Waals surface area (Å²) in [6.45, 7) is 0.972. The van der Waals surface area contributed by atoms with Crippen molar-refractivity contribution < 1.29 is 28.3 Å². The normalized spacial score (nSPS) is 18.8. The number of rotatable bonds is 5. The third-order valence-corrected chi connectivity index (χ3v) is 5.51. The quantitative estimate of drug-likeness (QED) is 0.364. The zero-order chi connectivity index (χ0) is 19.8. The summed E-state index contributed by atoms with van der Waals surface area (Å²) in [6, 6.07) is 4.21. The molecule has 3 heterocycles. The van der Waals surface area contributed by atoms with E-state index in [1.807, 2.05) is 0 Å². The molecule has 2 aromatic rings. The van der Waals surface area contributed by atoms with Crippen LogP contribution >= 0.6 is 27.5 Å². The molecule has 0 saturated carbocycles. The number of aromatic nitrogens is 1. The lowest BCUT2D eigenvalue weighted by Crippen LogP contribution is -2.16. The minimum absolute atomic E-state index is 0.00671. The number of hydrogen-bond acceptors (Lipinski definition) is 7. The van der Waals surface area contributed by atoms with Crippen molar-refractivity contribution in [3.8, 4) is 11.5 Å². The summed E-state index contributed by atoms with van der Waals surface area (Å²) in [4.78, 5) is 14.3. The maximum Gasteiger partial charge on any atom is 0.407 e. The Morgan fingerprint density at radius 3 is 2.82 bits per heavy atom. The maximum absolute atomic E-state index is 14.5. The lowest BCUT2D eigenvalue weighted by molar-refractivity contribution is -0.390. The summed E-state index contributed by atoms with van der Waals surface area (Å²) in [7, 11) is 0. The Morgan fingerprint density at radius 1 is 1.36 bits per heavy atom. The van der Waals surface area contributed by atoms with Crippen LogP contribution in [0.1, 0.15) is 23.3 Å². The molecule has 0 radical (unpaired) electrons. The van der Waals surface area contributed by atoms with Crippen LogP contribution in [0.25, 0.3) is 0 Å². The van der Waals surface area contributed by atoms with E-state index in [2.05, 4.69) is 20.9 Å². The van der Waals surface area contributed by atoms with Gasteiger partial charge in [-0.3, -0.25) is 0 Å². The lowest BCUT2D eigenvalue weighted by atomic mass is 9.95. The number of nitro groups is 1. The molecule has 2 aliphatic heterocycles. The number of ether oxygens (including phenoxy) is 4. The van der Waals surface area contributed by atoms with E-state index in [4.69, 9.17) is 30.5 Å². The summed E-state index contributed by atoms with van der Waals surface area (Å²) in [5, 5.41) is 11.2. The van der Waals surface area contributed by atoms with Crippen molar-refractivity contribution in [2.45, 2.75) is 12.2 Å². The highest BCUT2D eigenvalue weighted by Gasteiger charge is 2.35. The van der Waals surface area contributed by atoms with E-state index in [9.17, 15) is 14.5 Å². The van der Waals surface area contributed by atoms with Crippen molar-refractivity contribution in [3.05, 3.63) is 54.9 Å². The highest BCUT2D eigenvalue weighted by Crippen LogP contribution is 2.43. The van der Waals surface area contributed by atoms with Crippen LogP contribution in [-0.2, 0) is 9.47 Å². The van der Waals surface area contributed by atoms with Crippen LogP contribution in [0.4, 0.5) is 10.2 Å². The zero-order valence-corrected chi connectivity index (χ0v) is 16.5. The van der Waals surface area contributed by atoms with Crippen LogP contribution in [0.15, 0.2) is 22.7 Å². The standard InChI is InChI=1S/C17H13BrClFN2O6/c18-9-5-12(16(22(23)24)21-15(9)19)28-7-8-6-27-11-2-1-10(20)14(13(8)11)17-25-3-4-26-17/h1-2,5,8,17H,3-4,6-7H2/t8-/m1/s1. The molecule has 0 amide bonds. The van der Waals surface area contributed by atoms with Gasteiger partial charge in [0.15, 0.2) is 6.29 Å². The van der Waals surface area contributed by atoms with Gasteiger partial charge in [0, 0.05) is 11.6 Å². The molecular formula is C17H13BrClFN2O6. The van der Waals surface area contributed by atoms with Gasteiger partial charge >= 0.3 is 5.82 Å². The van der Waals surface area contributed by atoms with Crippen molar-refractivity contribution in [2.24, 2.45) is 0 Å². The summed E-state index contributed by atoms with van der Waals surface area (Å²) < 4.78 is 37.1. The predicted octanol–water partition coefficient (Wildman–Crippen LogP) is 4.15. The topological polar surface area (TPSA) is 93.0 Å². The number of nitrogens with zero attached hydrogens (tertiary/aromatic N) is 2. The van der Waals surface area contributed by atoms with E-state index in [0.717, 1.165) is 0 Å². The van der Waals surface area contributed by atoms with E-state index in [1.165, 1.54) is 18.2 Å². The second-order valence-electron chi connectivity index (χ2n) is 6.11. The first-order valence-electron chi connectivity index (χ1n) is 8.27. The summed E-state index contributed by atoms with van der Waals surface area (Å²) in [6.07, 6.45) is -0.820. The van der Waals surface area contributed by atoms with Crippen LogP contribution < -0.4 is 9.47 Å². The molecule has 8 nitrogen and oxygen atoms in total. The Bertz CT molecular complexity index is 940. The second-order valence-corrected chi connectivity index (χ2v) is 7.32. The van der Waals surface area contributed by atoms with Crippen molar-refractivity contribution in [1.29, 1.82) is 0 Å². The van der Waals surface area contributed by atoms with Gasteiger partial charge in [-0.05, 0) is 49.6 Å². The van der Waals surface area contributed by atoms with E-state index in [1.54, 1.807) is 0 Å². The lowest BCUT2D eigenvalue weighted by Gasteiger charge is -2.18. The van der Waals surface area contributed by atoms with Crippen molar-refractivity contribution in [2.75, 3.05) is 26.4 Å². The highest BCUT2D eigenvalue weighted by atomic mass is 79.9. The van der Waals surface area contributed by atoms with Crippen molar-refractivity contribution in [3.63, 3.8) is 0 Å². The van der Waals surface area contributed by atoms with Gasteiger partial charge in [0.05, 0.1) is 42.4 Å². The fourth-order valence-electron chi connectivity index (χ4n) is 3.17. The molecule has 0 spiro atoms. The second kappa shape index (κ2) is 7.78. The molecule has 11 heteroatoms. The summed E-state index contributed by atoms with van der Waals surface area (Å²) in [5.74, 6) is -0.894. The molecule has 0 N–H and O–H groups in total. The van der Waals surface area contributed by atoms with Gasteiger partial charge < -0.3 is 29.1 Å². The van der Waals surface area contributed by atoms with E-state index >= 15 is 0 Å². The van der Waals surface area contributed by atoms with Crippen molar-refractivity contribution >= 4 is 33.3 Å². The maximum atomic E-state index is 14.5. The molecule has 4 rings (SSSR count). The smallest absolute Gasteiger partial charge is 0.407 e. The van der Waals surface area contributed by atoms with Crippen LogP contribution in [0.5, 0.6) is 11.5 Å². The molecule has 1 saturated heterocycles. The summed E-state index contributed by atoms with van der Waals surface area (Å²) in [5.41, 5.74) is 0.849.